The van der Waals surface area contributed by atoms with Crippen molar-refractivity contribution in [1.29, 1.82) is 0 Å². The zero-order valence-electron chi connectivity index (χ0n) is 12.6. The second kappa shape index (κ2) is 8.25. The van der Waals surface area contributed by atoms with E-state index >= 15 is 0 Å². The van der Waals surface area contributed by atoms with E-state index < -0.39 is 7.12 Å². The highest BCUT2D eigenvalue weighted by Gasteiger charge is 2.25. The molecule has 4 N–H and O–H groups in total. The summed E-state index contributed by atoms with van der Waals surface area (Å²) in [4.78, 5) is 2.53. The van der Waals surface area contributed by atoms with Crippen LogP contribution in [0, 0.1) is 5.41 Å². The topological polar surface area (TPSA) is 69.7 Å². The van der Waals surface area contributed by atoms with Gasteiger partial charge in [-0.15, -0.1) is 0 Å². The molecule has 1 heterocycles. The van der Waals surface area contributed by atoms with Crippen molar-refractivity contribution in [2.75, 3.05) is 19.6 Å². The Hall–Kier alpha value is -0.0951. The fourth-order valence-corrected chi connectivity index (χ4v) is 2.61. The van der Waals surface area contributed by atoms with Gasteiger partial charge in [-0.25, -0.2) is 0 Å². The van der Waals surface area contributed by atoms with Gasteiger partial charge in [-0.2, -0.15) is 0 Å². The van der Waals surface area contributed by atoms with Crippen LogP contribution in [0.1, 0.15) is 52.4 Å². The molecule has 1 unspecified atom stereocenters. The van der Waals surface area contributed by atoms with Gasteiger partial charge in [0.05, 0.1) is 0 Å². The molecule has 112 valence electrons. The predicted octanol–water partition coefficient (Wildman–Crippen LogP) is 1.47. The summed E-state index contributed by atoms with van der Waals surface area (Å²) in [5.41, 5.74) is 6.63. The van der Waals surface area contributed by atoms with Crippen LogP contribution in [0.3, 0.4) is 0 Å². The Labute approximate surface area is 118 Å². The number of hydrogen-bond acceptors (Lipinski definition) is 4. The molecule has 1 fully saturated rings. The number of unbranched alkanes of at least 4 members (excludes halogenated alkanes) is 1. The molecule has 0 aromatic rings. The third-order valence-electron chi connectivity index (χ3n) is 4.31. The Morgan fingerprint density at radius 1 is 1.16 bits per heavy atom. The van der Waals surface area contributed by atoms with Crippen molar-refractivity contribution in [1.82, 2.24) is 4.90 Å². The summed E-state index contributed by atoms with van der Waals surface area (Å²) in [7, 11) is -1.16. The van der Waals surface area contributed by atoms with E-state index in [4.69, 9.17) is 15.8 Å². The maximum absolute atomic E-state index is 8.75. The molecule has 0 bridgehead atoms. The van der Waals surface area contributed by atoms with Gasteiger partial charge in [0.2, 0.25) is 0 Å². The van der Waals surface area contributed by atoms with E-state index in [0.29, 0.717) is 11.7 Å². The Kier molecular flexibility index (Phi) is 7.36. The number of likely N-dealkylation sites (tertiary alicyclic amines) is 1. The average Bonchev–Trinajstić information content (AvgIpc) is 2.33. The van der Waals surface area contributed by atoms with E-state index in [0.717, 1.165) is 32.2 Å². The van der Waals surface area contributed by atoms with Crippen LogP contribution in [0.4, 0.5) is 0 Å². The Morgan fingerprint density at radius 2 is 1.79 bits per heavy atom. The van der Waals surface area contributed by atoms with E-state index in [1.807, 2.05) is 0 Å². The highest BCUT2D eigenvalue weighted by Crippen LogP contribution is 2.29. The molecule has 0 aliphatic carbocycles. The second-order valence-electron chi connectivity index (χ2n) is 6.82. The van der Waals surface area contributed by atoms with Crippen molar-refractivity contribution in [3.8, 4) is 0 Å². The quantitative estimate of drug-likeness (QED) is 0.461. The van der Waals surface area contributed by atoms with E-state index in [1.165, 1.54) is 25.9 Å². The second-order valence-corrected chi connectivity index (χ2v) is 6.82. The number of rotatable bonds is 8. The minimum Gasteiger partial charge on any atom is -0.427 e. The number of nitrogens with zero attached hydrogens (tertiary/aromatic N) is 1. The fourth-order valence-electron chi connectivity index (χ4n) is 2.61. The fraction of sp³-hybridized carbons (Fsp3) is 1.00. The first-order valence-electron chi connectivity index (χ1n) is 7.73. The third kappa shape index (κ3) is 7.93. The first kappa shape index (κ1) is 17.0. The van der Waals surface area contributed by atoms with Gasteiger partial charge in [0.15, 0.2) is 0 Å². The van der Waals surface area contributed by atoms with Crippen molar-refractivity contribution >= 4 is 7.12 Å². The summed E-state index contributed by atoms with van der Waals surface area (Å²) in [6, 6.07) is 0.255. The van der Waals surface area contributed by atoms with Gasteiger partial charge in [0, 0.05) is 6.04 Å². The maximum Gasteiger partial charge on any atom is 0.451 e. The minimum absolute atomic E-state index is 0.255. The number of piperidine rings is 1. The summed E-state index contributed by atoms with van der Waals surface area (Å²) < 4.78 is 0. The zero-order valence-corrected chi connectivity index (χ0v) is 12.6. The molecule has 1 aliphatic heterocycles. The highest BCUT2D eigenvalue weighted by molar-refractivity contribution is 6.40. The predicted molar refractivity (Wildman–Crippen MR) is 80.9 cm³/mol. The van der Waals surface area contributed by atoms with Crippen LogP contribution in [-0.4, -0.2) is 47.7 Å². The van der Waals surface area contributed by atoms with Crippen LogP contribution in [0.15, 0.2) is 0 Å². The van der Waals surface area contributed by atoms with Gasteiger partial charge >= 0.3 is 7.12 Å². The van der Waals surface area contributed by atoms with Crippen molar-refractivity contribution in [3.05, 3.63) is 0 Å². The average molecular weight is 270 g/mol. The smallest absolute Gasteiger partial charge is 0.427 e. The molecule has 1 rings (SSSR count). The zero-order chi connectivity index (χ0) is 14.3. The van der Waals surface area contributed by atoms with Gasteiger partial charge in [-0.05, 0) is 57.1 Å². The normalized spacial score (nSPS) is 21.3. The molecule has 0 aromatic carbocycles. The molecular weight excluding hydrogens is 239 g/mol. The molecular formula is C14H31BN2O2. The third-order valence-corrected chi connectivity index (χ3v) is 4.31. The van der Waals surface area contributed by atoms with Crippen LogP contribution in [0.5, 0.6) is 0 Å². The maximum atomic E-state index is 8.75. The molecule has 0 radical (unpaired) electrons. The van der Waals surface area contributed by atoms with Gasteiger partial charge in [-0.3, -0.25) is 0 Å². The SMILES string of the molecule is CC1(C)CCN(CCC(N)CCCCB(O)O)CC1. The molecule has 19 heavy (non-hydrogen) atoms. The molecule has 5 heteroatoms. The molecule has 0 aromatic heterocycles. The lowest BCUT2D eigenvalue weighted by molar-refractivity contribution is 0.129. The summed E-state index contributed by atoms with van der Waals surface area (Å²) in [6.07, 6.45) is 6.93. The van der Waals surface area contributed by atoms with Gasteiger partial charge in [-0.1, -0.05) is 26.7 Å². The van der Waals surface area contributed by atoms with Gasteiger partial charge in [0.25, 0.3) is 0 Å². The lowest BCUT2D eigenvalue weighted by atomic mass is 9.82. The van der Waals surface area contributed by atoms with E-state index in [9.17, 15) is 0 Å². The minimum atomic E-state index is -1.16. The van der Waals surface area contributed by atoms with Crippen LogP contribution >= 0.6 is 0 Å². The van der Waals surface area contributed by atoms with Crippen LogP contribution in [-0.2, 0) is 0 Å². The molecule has 1 atom stereocenters. The lowest BCUT2D eigenvalue weighted by Crippen LogP contribution is -2.39. The highest BCUT2D eigenvalue weighted by atomic mass is 16.4. The van der Waals surface area contributed by atoms with Crippen LogP contribution in [0.25, 0.3) is 0 Å². The summed E-state index contributed by atoms with van der Waals surface area (Å²) in [5, 5.41) is 17.5. The largest absolute Gasteiger partial charge is 0.451 e. The molecule has 4 nitrogen and oxygen atoms in total. The number of nitrogens with two attached hydrogens (primary N) is 1. The summed E-state index contributed by atoms with van der Waals surface area (Å²) in [6.45, 7) is 8.23. The Morgan fingerprint density at radius 3 is 2.37 bits per heavy atom. The van der Waals surface area contributed by atoms with Crippen molar-refractivity contribution in [2.24, 2.45) is 11.1 Å². The first-order chi connectivity index (χ1) is 8.89. The summed E-state index contributed by atoms with van der Waals surface area (Å²) >= 11 is 0. The lowest BCUT2D eigenvalue weighted by Gasteiger charge is -2.37. The molecule has 1 saturated heterocycles. The van der Waals surface area contributed by atoms with Crippen molar-refractivity contribution in [3.63, 3.8) is 0 Å². The van der Waals surface area contributed by atoms with Crippen LogP contribution < -0.4 is 5.73 Å². The molecule has 0 saturated carbocycles. The Balaban J connectivity index is 2.02. The van der Waals surface area contributed by atoms with Crippen LogP contribution in [0.2, 0.25) is 6.32 Å². The van der Waals surface area contributed by atoms with Crippen molar-refractivity contribution in [2.45, 2.75) is 64.7 Å². The monoisotopic (exact) mass is 270 g/mol. The standard InChI is InChI=1S/C14H31BN2O2/c1-14(2)7-11-17(12-8-14)10-6-13(16)5-3-4-9-15(18)19/h13,18-19H,3-12,16H2,1-2H3. The first-order valence-corrected chi connectivity index (χ1v) is 7.73. The summed E-state index contributed by atoms with van der Waals surface area (Å²) in [5.74, 6) is 0. The van der Waals surface area contributed by atoms with E-state index in [1.54, 1.807) is 0 Å². The Bertz CT molecular complexity index is 240. The molecule has 0 spiro atoms. The van der Waals surface area contributed by atoms with Gasteiger partial charge < -0.3 is 20.7 Å². The molecule has 0 amide bonds. The van der Waals surface area contributed by atoms with Gasteiger partial charge in [0.1, 0.15) is 0 Å². The molecule has 1 aliphatic rings. The van der Waals surface area contributed by atoms with E-state index in [2.05, 4.69) is 18.7 Å². The number of hydrogen-bond donors (Lipinski definition) is 3. The van der Waals surface area contributed by atoms with E-state index in [-0.39, 0.29) is 6.04 Å². The van der Waals surface area contributed by atoms with Crippen molar-refractivity contribution < 1.29 is 10.0 Å².